The standard InChI is InChI=1S/C18H21BO2.C12H9Br.C6H13B2O2.C6H14O2/c1-17(2)18(3,4)21-19(20-17)16-11-12-9-10-13(12)14-7-5-6-8-15(14)16;13-12-7-8-5-6-9(8)10-3-1-2-4-11(10)12;1-5(2,9)6(3,4)10-8-7;1-5(2,7)6(3,4)8/h5-8,11H,9-10H2,1-4H3;1-4,7H,5-6H2;9H,1-4H3;7-8H,1-4H3. The lowest BCUT2D eigenvalue weighted by Gasteiger charge is -2.37. The van der Waals surface area contributed by atoms with E-state index in [2.05, 4.69) is 104 Å². The minimum absolute atomic E-state index is 0.272. The predicted octanol–water partition coefficient (Wildman–Crippen LogP) is 7.72. The maximum Gasteiger partial charge on any atom is 0.495 e. The summed E-state index contributed by atoms with van der Waals surface area (Å²) >= 11 is 3.62. The van der Waals surface area contributed by atoms with E-state index in [1.165, 1.54) is 73.9 Å². The van der Waals surface area contributed by atoms with Gasteiger partial charge in [-0.1, -0.05) is 70.5 Å². The molecule has 3 aliphatic rings. The molecule has 0 amide bonds. The van der Waals surface area contributed by atoms with Crippen LogP contribution in [0.4, 0.5) is 0 Å². The zero-order chi connectivity index (χ0) is 39.1. The van der Waals surface area contributed by atoms with Crippen LogP contribution in [0.1, 0.15) is 105 Å². The zero-order valence-electron chi connectivity index (χ0n) is 33.3. The van der Waals surface area contributed by atoms with Gasteiger partial charge in [0.15, 0.2) is 0 Å². The summed E-state index contributed by atoms with van der Waals surface area (Å²) in [6.45, 7) is 21.6. The van der Waals surface area contributed by atoms with Crippen LogP contribution in [-0.4, -0.2) is 71.2 Å². The lowest BCUT2D eigenvalue weighted by atomic mass is 9.70. The summed E-state index contributed by atoms with van der Waals surface area (Å²) in [5.74, 6) is 0. The molecule has 0 spiro atoms. The number of rotatable bonds is 5. The molecule has 3 N–H and O–H groups in total. The molecule has 1 fully saturated rings. The lowest BCUT2D eigenvalue weighted by Crippen LogP contribution is -2.48. The Balaban J connectivity index is 0.000000169. The molecule has 3 radical (unpaired) electrons. The molecule has 0 atom stereocenters. The van der Waals surface area contributed by atoms with Gasteiger partial charge in [0.1, 0.15) is 0 Å². The van der Waals surface area contributed by atoms with Gasteiger partial charge in [0.2, 0.25) is 7.37 Å². The van der Waals surface area contributed by atoms with E-state index in [0.717, 1.165) is 7.37 Å². The summed E-state index contributed by atoms with van der Waals surface area (Å²) in [6.07, 6.45) is 4.87. The maximum absolute atomic E-state index is 9.48. The number of hydrogen-bond acceptors (Lipinski definition) is 6. The third-order valence-corrected chi connectivity index (χ3v) is 12.3. The van der Waals surface area contributed by atoms with Crippen molar-refractivity contribution in [3.63, 3.8) is 0 Å². The van der Waals surface area contributed by atoms with E-state index in [0.29, 0.717) is 0 Å². The van der Waals surface area contributed by atoms with Crippen LogP contribution in [0.15, 0.2) is 65.1 Å². The predicted molar refractivity (Wildman–Crippen MR) is 222 cm³/mol. The van der Waals surface area contributed by atoms with Crippen molar-refractivity contribution in [2.45, 2.75) is 142 Å². The second kappa shape index (κ2) is 15.5. The molecule has 0 saturated carbocycles. The van der Waals surface area contributed by atoms with Crippen LogP contribution >= 0.6 is 15.9 Å². The molecule has 277 valence electrons. The normalized spacial score (nSPS) is 17.2. The van der Waals surface area contributed by atoms with Gasteiger partial charge in [-0.15, -0.1) is 0 Å². The molecule has 1 aliphatic heterocycles. The SMILES string of the molecule is Brc1cc2c(c3ccccc13)CC2.CC(C)(O)C(C)(C)O.CC1(C)OB(c2cc3c(c4ccccc24)CC3)OC1(C)C.[B][B]OC(C)(C)C(C)(C)O. The largest absolute Gasteiger partial charge is 0.495 e. The second-order valence-corrected chi connectivity index (χ2v) is 18.1. The molecular weight excluding hydrogens is 713 g/mol. The first-order valence-electron chi connectivity index (χ1n) is 18.3. The number of benzene rings is 4. The van der Waals surface area contributed by atoms with Crippen molar-refractivity contribution in [2.24, 2.45) is 0 Å². The monoisotopic (exact) mass is 769 g/mol. The first-order valence-corrected chi connectivity index (χ1v) is 19.1. The molecule has 7 rings (SSSR count). The molecule has 0 aromatic heterocycles. The maximum atomic E-state index is 9.48. The highest BCUT2D eigenvalue weighted by molar-refractivity contribution is 9.10. The number of hydrogen-bond donors (Lipinski definition) is 3. The Morgan fingerprint density at radius 2 is 1.06 bits per heavy atom. The minimum Gasteiger partial charge on any atom is -0.445 e. The van der Waals surface area contributed by atoms with Gasteiger partial charge < -0.3 is 29.3 Å². The Labute approximate surface area is 323 Å². The Bertz CT molecular complexity index is 1840. The molecule has 4 aromatic rings. The van der Waals surface area contributed by atoms with Crippen molar-refractivity contribution in [2.75, 3.05) is 0 Å². The van der Waals surface area contributed by atoms with Crippen LogP contribution in [0.25, 0.3) is 21.5 Å². The molecule has 10 heteroatoms. The molecular formula is C42H57B3BrO6. The van der Waals surface area contributed by atoms with Gasteiger partial charge >= 0.3 is 7.12 Å². The number of aryl methyl sites for hydroxylation is 4. The average molecular weight is 770 g/mol. The third kappa shape index (κ3) is 9.19. The van der Waals surface area contributed by atoms with Gasteiger partial charge in [0.05, 0.1) is 41.3 Å². The summed E-state index contributed by atoms with van der Waals surface area (Å²) < 4.78 is 18.7. The molecule has 2 aliphatic carbocycles. The topological polar surface area (TPSA) is 88.4 Å². The van der Waals surface area contributed by atoms with Crippen molar-refractivity contribution in [3.8, 4) is 0 Å². The Hall–Kier alpha value is -2.17. The Kier molecular flexibility index (Phi) is 12.7. The van der Waals surface area contributed by atoms with E-state index in [1.807, 2.05) is 0 Å². The van der Waals surface area contributed by atoms with Crippen LogP contribution < -0.4 is 5.46 Å². The average Bonchev–Trinajstić information content (AvgIpc) is 3.20. The highest BCUT2D eigenvalue weighted by Gasteiger charge is 2.52. The summed E-state index contributed by atoms with van der Waals surface area (Å²) in [5, 5.41) is 33.1. The third-order valence-electron chi connectivity index (χ3n) is 11.6. The smallest absolute Gasteiger partial charge is 0.445 e. The quantitative estimate of drug-likeness (QED) is 0.180. The van der Waals surface area contributed by atoms with Gasteiger partial charge in [0, 0.05) is 4.47 Å². The lowest BCUT2D eigenvalue weighted by molar-refractivity contribution is -0.107. The molecule has 4 aromatic carbocycles. The Morgan fingerprint density at radius 1 is 0.654 bits per heavy atom. The molecule has 6 nitrogen and oxygen atoms in total. The first kappa shape index (κ1) is 42.6. The number of aliphatic hydroxyl groups is 3. The van der Waals surface area contributed by atoms with Gasteiger partial charge in [-0.25, -0.2) is 0 Å². The number of halogens is 1. The van der Waals surface area contributed by atoms with Gasteiger partial charge in [-0.3, -0.25) is 0 Å². The zero-order valence-corrected chi connectivity index (χ0v) is 34.9. The summed E-state index contributed by atoms with van der Waals surface area (Å²) in [6, 6.07) is 21.8. The van der Waals surface area contributed by atoms with Crippen molar-refractivity contribution in [3.05, 3.63) is 87.4 Å². The van der Waals surface area contributed by atoms with E-state index in [4.69, 9.17) is 31.9 Å². The van der Waals surface area contributed by atoms with Crippen LogP contribution in [0.2, 0.25) is 0 Å². The van der Waals surface area contributed by atoms with Gasteiger partial charge in [0.25, 0.3) is 0 Å². The second-order valence-electron chi connectivity index (χ2n) is 17.2. The van der Waals surface area contributed by atoms with E-state index in [-0.39, 0.29) is 18.3 Å². The molecule has 1 heterocycles. The fraction of sp³-hybridized carbons (Fsp3) is 0.524. The van der Waals surface area contributed by atoms with E-state index < -0.39 is 22.4 Å². The first-order chi connectivity index (χ1) is 23.8. The van der Waals surface area contributed by atoms with Crippen molar-refractivity contribution < 1.29 is 29.3 Å². The highest BCUT2D eigenvalue weighted by Crippen LogP contribution is 2.39. The van der Waals surface area contributed by atoms with Crippen LogP contribution in [0, 0.1) is 0 Å². The van der Waals surface area contributed by atoms with Gasteiger partial charge in [-0.05, 0) is 164 Å². The van der Waals surface area contributed by atoms with Crippen LogP contribution in [0.5, 0.6) is 0 Å². The Morgan fingerprint density at radius 3 is 1.42 bits per heavy atom. The summed E-state index contributed by atoms with van der Waals surface area (Å²) in [4.78, 5) is 0. The number of fused-ring (bicyclic) bond motifs is 6. The van der Waals surface area contributed by atoms with E-state index in [9.17, 15) is 5.11 Å². The molecule has 52 heavy (non-hydrogen) atoms. The van der Waals surface area contributed by atoms with E-state index in [1.54, 1.807) is 61.0 Å². The van der Waals surface area contributed by atoms with Gasteiger partial charge in [-0.2, -0.15) is 0 Å². The fourth-order valence-corrected chi connectivity index (χ4v) is 6.27. The minimum atomic E-state index is -1.01. The van der Waals surface area contributed by atoms with E-state index >= 15 is 0 Å². The van der Waals surface area contributed by atoms with Crippen molar-refractivity contribution >= 4 is 65.2 Å². The van der Waals surface area contributed by atoms with Crippen molar-refractivity contribution in [1.29, 1.82) is 0 Å². The molecule has 0 unspecified atom stereocenters. The summed E-state index contributed by atoms with van der Waals surface area (Å²) in [5.41, 5.74) is 3.10. The highest BCUT2D eigenvalue weighted by atomic mass is 79.9. The molecule has 0 bridgehead atoms. The van der Waals surface area contributed by atoms with Crippen LogP contribution in [0.3, 0.4) is 0 Å². The van der Waals surface area contributed by atoms with Crippen molar-refractivity contribution in [1.82, 2.24) is 0 Å². The molecule has 1 saturated heterocycles. The fourth-order valence-electron chi connectivity index (χ4n) is 5.65. The van der Waals surface area contributed by atoms with Crippen LogP contribution in [-0.2, 0) is 39.6 Å². The summed E-state index contributed by atoms with van der Waals surface area (Å²) in [7, 11) is 5.88.